The van der Waals surface area contributed by atoms with Crippen molar-refractivity contribution >= 4 is 5.91 Å². The largest absolute Gasteiger partial charge is 0.340 e. The SMILES string of the molecule is CCCCCC1CN(C(C)=O)CCN1. The maximum absolute atomic E-state index is 11.2. The Labute approximate surface area is 86.9 Å². The first kappa shape index (κ1) is 11.5. The molecule has 3 heteroatoms. The normalized spacial score (nSPS) is 22.4. The lowest BCUT2D eigenvalue weighted by molar-refractivity contribution is -0.130. The molecule has 1 rings (SSSR count). The van der Waals surface area contributed by atoms with Gasteiger partial charge in [0.1, 0.15) is 0 Å². The number of hydrogen-bond donors (Lipinski definition) is 1. The van der Waals surface area contributed by atoms with Gasteiger partial charge in [0.15, 0.2) is 0 Å². The van der Waals surface area contributed by atoms with Crippen LogP contribution in [0.5, 0.6) is 0 Å². The van der Waals surface area contributed by atoms with Gasteiger partial charge in [0.2, 0.25) is 5.91 Å². The van der Waals surface area contributed by atoms with Gasteiger partial charge < -0.3 is 10.2 Å². The van der Waals surface area contributed by atoms with Gasteiger partial charge >= 0.3 is 0 Å². The van der Waals surface area contributed by atoms with Crippen LogP contribution in [0.1, 0.15) is 39.5 Å². The Morgan fingerprint density at radius 1 is 1.50 bits per heavy atom. The molecule has 0 spiro atoms. The summed E-state index contributed by atoms with van der Waals surface area (Å²) in [5.74, 6) is 0.215. The number of carbonyl (C=O) groups excluding carboxylic acids is 1. The third-order valence-corrected chi connectivity index (χ3v) is 2.86. The van der Waals surface area contributed by atoms with Crippen LogP contribution in [0.3, 0.4) is 0 Å². The highest BCUT2D eigenvalue weighted by molar-refractivity contribution is 5.73. The molecule has 1 N–H and O–H groups in total. The highest BCUT2D eigenvalue weighted by atomic mass is 16.2. The molecule has 0 aromatic carbocycles. The second-order valence-electron chi connectivity index (χ2n) is 4.11. The van der Waals surface area contributed by atoms with Gasteiger partial charge in [-0.2, -0.15) is 0 Å². The summed E-state index contributed by atoms with van der Waals surface area (Å²) in [5.41, 5.74) is 0. The lowest BCUT2D eigenvalue weighted by Gasteiger charge is -2.33. The molecule has 1 amide bonds. The molecule has 1 fully saturated rings. The van der Waals surface area contributed by atoms with Crippen molar-refractivity contribution in [2.75, 3.05) is 19.6 Å². The van der Waals surface area contributed by atoms with Crippen LogP contribution in [-0.2, 0) is 4.79 Å². The van der Waals surface area contributed by atoms with Crippen molar-refractivity contribution < 1.29 is 4.79 Å². The number of unbranched alkanes of at least 4 members (excludes halogenated alkanes) is 2. The summed E-state index contributed by atoms with van der Waals surface area (Å²) < 4.78 is 0. The van der Waals surface area contributed by atoms with E-state index in [1.165, 1.54) is 25.7 Å². The zero-order valence-electron chi connectivity index (χ0n) is 9.38. The van der Waals surface area contributed by atoms with Crippen LogP contribution in [-0.4, -0.2) is 36.5 Å². The van der Waals surface area contributed by atoms with Gasteiger partial charge in [0.25, 0.3) is 0 Å². The van der Waals surface area contributed by atoms with Crippen molar-refractivity contribution in [3.63, 3.8) is 0 Å². The Hall–Kier alpha value is -0.570. The van der Waals surface area contributed by atoms with Gasteiger partial charge in [0, 0.05) is 32.6 Å². The number of nitrogens with zero attached hydrogens (tertiary/aromatic N) is 1. The van der Waals surface area contributed by atoms with Crippen molar-refractivity contribution in [2.45, 2.75) is 45.6 Å². The predicted molar refractivity (Wildman–Crippen MR) is 58.2 cm³/mol. The number of carbonyl (C=O) groups is 1. The highest BCUT2D eigenvalue weighted by Crippen LogP contribution is 2.08. The van der Waals surface area contributed by atoms with Crippen molar-refractivity contribution in [3.05, 3.63) is 0 Å². The predicted octanol–water partition coefficient (Wildman–Crippen LogP) is 1.39. The molecule has 1 heterocycles. The first-order chi connectivity index (χ1) is 6.74. The number of nitrogens with one attached hydrogen (secondary N) is 1. The van der Waals surface area contributed by atoms with E-state index in [0.29, 0.717) is 6.04 Å². The Kier molecular flexibility index (Phi) is 4.94. The van der Waals surface area contributed by atoms with Crippen molar-refractivity contribution in [3.8, 4) is 0 Å². The maximum Gasteiger partial charge on any atom is 0.219 e. The molecule has 82 valence electrons. The fourth-order valence-corrected chi connectivity index (χ4v) is 1.95. The average molecular weight is 198 g/mol. The number of piperazine rings is 1. The van der Waals surface area contributed by atoms with Gasteiger partial charge in [-0.05, 0) is 6.42 Å². The maximum atomic E-state index is 11.2. The van der Waals surface area contributed by atoms with Gasteiger partial charge in [-0.1, -0.05) is 26.2 Å². The number of rotatable bonds is 4. The molecule has 0 aliphatic carbocycles. The van der Waals surface area contributed by atoms with Gasteiger partial charge in [-0.3, -0.25) is 4.79 Å². The monoisotopic (exact) mass is 198 g/mol. The average Bonchev–Trinajstić information content (AvgIpc) is 2.19. The minimum atomic E-state index is 0.215. The van der Waals surface area contributed by atoms with Crippen LogP contribution in [0.4, 0.5) is 0 Å². The molecule has 1 atom stereocenters. The highest BCUT2D eigenvalue weighted by Gasteiger charge is 2.19. The molecule has 1 aliphatic rings. The lowest BCUT2D eigenvalue weighted by Crippen LogP contribution is -2.51. The molecular weight excluding hydrogens is 176 g/mol. The van der Waals surface area contributed by atoms with Gasteiger partial charge in [-0.25, -0.2) is 0 Å². The summed E-state index contributed by atoms with van der Waals surface area (Å²) in [6.45, 7) is 6.61. The summed E-state index contributed by atoms with van der Waals surface area (Å²) in [4.78, 5) is 13.1. The molecule has 1 unspecified atom stereocenters. The first-order valence-electron chi connectivity index (χ1n) is 5.73. The lowest BCUT2D eigenvalue weighted by atomic mass is 10.1. The van der Waals surface area contributed by atoms with E-state index in [1.807, 2.05) is 4.90 Å². The second kappa shape index (κ2) is 6.02. The zero-order chi connectivity index (χ0) is 10.4. The Morgan fingerprint density at radius 2 is 2.29 bits per heavy atom. The standard InChI is InChI=1S/C11H22N2O/c1-3-4-5-6-11-9-13(10(2)14)8-7-12-11/h11-12H,3-9H2,1-2H3. The van der Waals surface area contributed by atoms with Crippen LogP contribution in [0, 0.1) is 0 Å². The number of hydrogen-bond acceptors (Lipinski definition) is 2. The molecule has 0 saturated carbocycles. The van der Waals surface area contributed by atoms with Crippen LogP contribution < -0.4 is 5.32 Å². The molecule has 3 nitrogen and oxygen atoms in total. The van der Waals surface area contributed by atoms with Gasteiger partial charge in [-0.15, -0.1) is 0 Å². The fraction of sp³-hybridized carbons (Fsp3) is 0.909. The molecule has 0 bridgehead atoms. The van der Waals surface area contributed by atoms with Crippen LogP contribution in [0.15, 0.2) is 0 Å². The summed E-state index contributed by atoms with van der Waals surface area (Å²) in [5, 5.41) is 3.47. The second-order valence-corrected chi connectivity index (χ2v) is 4.11. The van der Waals surface area contributed by atoms with Crippen LogP contribution in [0.25, 0.3) is 0 Å². The third-order valence-electron chi connectivity index (χ3n) is 2.86. The van der Waals surface area contributed by atoms with Crippen LogP contribution >= 0.6 is 0 Å². The topological polar surface area (TPSA) is 32.3 Å². The smallest absolute Gasteiger partial charge is 0.219 e. The van der Waals surface area contributed by atoms with E-state index in [9.17, 15) is 4.79 Å². The molecule has 0 aromatic rings. The zero-order valence-corrected chi connectivity index (χ0v) is 9.38. The van der Waals surface area contributed by atoms with E-state index in [0.717, 1.165) is 19.6 Å². The Balaban J connectivity index is 2.22. The molecule has 0 aromatic heterocycles. The minimum Gasteiger partial charge on any atom is -0.340 e. The quantitative estimate of drug-likeness (QED) is 0.692. The van der Waals surface area contributed by atoms with Crippen molar-refractivity contribution in [2.24, 2.45) is 0 Å². The van der Waals surface area contributed by atoms with E-state index < -0.39 is 0 Å². The Morgan fingerprint density at radius 3 is 2.93 bits per heavy atom. The van der Waals surface area contributed by atoms with Crippen molar-refractivity contribution in [1.82, 2.24) is 10.2 Å². The molecular formula is C11H22N2O. The van der Waals surface area contributed by atoms with Crippen LogP contribution in [0.2, 0.25) is 0 Å². The van der Waals surface area contributed by atoms with E-state index in [4.69, 9.17) is 0 Å². The van der Waals surface area contributed by atoms with E-state index >= 15 is 0 Å². The third kappa shape index (κ3) is 3.66. The fourth-order valence-electron chi connectivity index (χ4n) is 1.95. The van der Waals surface area contributed by atoms with Crippen molar-refractivity contribution in [1.29, 1.82) is 0 Å². The van der Waals surface area contributed by atoms with E-state index in [2.05, 4.69) is 12.2 Å². The van der Waals surface area contributed by atoms with E-state index in [-0.39, 0.29) is 5.91 Å². The molecule has 1 saturated heterocycles. The summed E-state index contributed by atoms with van der Waals surface area (Å²) in [6, 6.07) is 0.527. The minimum absolute atomic E-state index is 0.215. The summed E-state index contributed by atoms with van der Waals surface area (Å²) in [7, 11) is 0. The number of amides is 1. The molecule has 0 radical (unpaired) electrons. The summed E-state index contributed by atoms with van der Waals surface area (Å²) >= 11 is 0. The first-order valence-corrected chi connectivity index (χ1v) is 5.73. The summed E-state index contributed by atoms with van der Waals surface area (Å²) in [6.07, 6.45) is 5.05. The van der Waals surface area contributed by atoms with Gasteiger partial charge in [0.05, 0.1) is 0 Å². The molecule has 14 heavy (non-hydrogen) atoms. The molecule has 1 aliphatic heterocycles. The van der Waals surface area contributed by atoms with E-state index in [1.54, 1.807) is 6.92 Å². The Bertz CT molecular complexity index is 182.